The van der Waals surface area contributed by atoms with Crippen molar-refractivity contribution in [1.82, 2.24) is 9.97 Å². The lowest BCUT2D eigenvalue weighted by Gasteiger charge is -2.17. The molecule has 10 N–H and O–H groups in total. The molecule has 470 valence electrons. The van der Waals surface area contributed by atoms with E-state index in [2.05, 4.69) is 130 Å². The molecule has 90 heavy (non-hydrogen) atoms. The van der Waals surface area contributed by atoms with Crippen molar-refractivity contribution in [3.63, 3.8) is 0 Å². The second-order valence-corrected chi connectivity index (χ2v) is 20.5. The molecule has 0 radical (unpaired) electrons. The number of carboxylic acids is 2. The normalized spacial score (nSPS) is 10.8. The smallest absolute Gasteiger partial charge is 0.343 e. The van der Waals surface area contributed by atoms with E-state index in [4.69, 9.17) is 10.2 Å². The van der Waals surface area contributed by atoms with Crippen LogP contribution >= 0.6 is 0 Å². The molecule has 1 aliphatic rings. The van der Waals surface area contributed by atoms with Crippen LogP contribution < -0.4 is 39.6 Å². The molecule has 0 atom stereocenters. The van der Waals surface area contributed by atoms with Gasteiger partial charge in [-0.2, -0.15) is 0 Å². The molecule has 0 aliphatic carbocycles. The molecular weight excluding hydrogens is 1130 g/mol. The first-order chi connectivity index (χ1) is 43.6. The Morgan fingerprint density at radius 1 is 0.478 bits per heavy atom. The molecule has 8 heterocycles. The van der Waals surface area contributed by atoms with Gasteiger partial charge in [-0.25, -0.2) is 44.1 Å². The first-order valence-corrected chi connectivity index (χ1v) is 29.9. The van der Waals surface area contributed by atoms with Gasteiger partial charge in [0.1, 0.15) is 11.1 Å². The summed E-state index contributed by atoms with van der Waals surface area (Å²) in [4.78, 5) is 70.1. The van der Waals surface area contributed by atoms with Crippen LogP contribution in [0, 0.1) is 0 Å². The van der Waals surface area contributed by atoms with Gasteiger partial charge in [-0.3, -0.25) is 9.97 Å². The molecule has 11 aromatic rings. The van der Waals surface area contributed by atoms with E-state index >= 15 is 0 Å². The third-order valence-corrected chi connectivity index (χ3v) is 12.9. The molecule has 1 aliphatic heterocycles. The van der Waals surface area contributed by atoms with Crippen LogP contribution in [0.15, 0.2) is 238 Å². The van der Waals surface area contributed by atoms with Gasteiger partial charge in [0.15, 0.2) is 49.6 Å². The topological polar surface area (TPSA) is 237 Å². The Morgan fingerprint density at radius 2 is 0.989 bits per heavy atom. The SMILES string of the molecule is CC[NH+](CC)CC.COC(=O)c1c[nH+]c2ccccc2c1.COC(=O)c1ccc[nH+]c1.C[NH+](C)C.C[NH+]1CCCCC1.O=C(O)c1cccnc1.O=C(O)c1cnc2ccccc2c1.c1cc[nH+]cc1.c1ccc2[nH+]cccc2c1.c1ccc2c[nH+]ccc2c1. The van der Waals surface area contributed by atoms with Gasteiger partial charge in [0.05, 0.1) is 91.8 Å². The summed E-state index contributed by atoms with van der Waals surface area (Å²) in [6, 6.07) is 53.6. The zero-order valence-electron chi connectivity index (χ0n) is 53.4. The number of carboxylic acid groups (broad SMARTS) is 2. The van der Waals surface area contributed by atoms with Crippen molar-refractivity contribution < 1.29 is 78.5 Å². The maximum Gasteiger partial charge on any atom is 0.343 e. The van der Waals surface area contributed by atoms with Crippen molar-refractivity contribution in [1.29, 1.82) is 0 Å². The number of aromatic amines is 5. The van der Waals surface area contributed by atoms with Gasteiger partial charge in [-0.15, -0.1) is 0 Å². The number of hydrogen-bond donors (Lipinski definition) is 5. The molecule has 12 rings (SSSR count). The summed E-state index contributed by atoms with van der Waals surface area (Å²) in [7, 11) is 11.3. The van der Waals surface area contributed by atoms with Crippen molar-refractivity contribution in [2.75, 3.05) is 75.1 Å². The van der Waals surface area contributed by atoms with Gasteiger partial charge in [0.2, 0.25) is 11.0 Å². The van der Waals surface area contributed by atoms with E-state index in [0.717, 1.165) is 21.8 Å². The molecule has 18 nitrogen and oxygen atoms in total. The number of para-hydroxylation sites is 3. The van der Waals surface area contributed by atoms with Crippen molar-refractivity contribution >= 4 is 67.4 Å². The van der Waals surface area contributed by atoms with Gasteiger partial charge in [0, 0.05) is 82.6 Å². The lowest BCUT2D eigenvalue weighted by atomic mass is 10.1. The van der Waals surface area contributed by atoms with Crippen LogP contribution in [0.2, 0.25) is 0 Å². The number of benzene rings is 4. The average Bonchev–Trinajstić information content (AvgIpc) is 3.15. The van der Waals surface area contributed by atoms with Crippen LogP contribution in [0.5, 0.6) is 0 Å². The van der Waals surface area contributed by atoms with Gasteiger partial charge in [-0.05, 0) is 106 Å². The summed E-state index contributed by atoms with van der Waals surface area (Å²) < 4.78 is 9.10. The number of carbonyl (C=O) groups excluding carboxylic acids is 2. The molecule has 1 fully saturated rings. The van der Waals surface area contributed by atoms with Crippen LogP contribution in [-0.4, -0.2) is 119 Å². The van der Waals surface area contributed by atoms with Gasteiger partial charge in [-0.1, -0.05) is 66.7 Å². The Hall–Kier alpha value is -10.3. The summed E-state index contributed by atoms with van der Waals surface area (Å²) in [6.45, 7) is 13.3. The fourth-order valence-electron chi connectivity index (χ4n) is 8.05. The molecule has 18 heteroatoms. The predicted octanol–water partition coefficient (Wildman–Crippen LogP) is 6.63. The molecule has 7 aromatic heterocycles. The van der Waals surface area contributed by atoms with E-state index < -0.39 is 11.9 Å². The number of pyridine rings is 7. The summed E-state index contributed by atoms with van der Waals surface area (Å²) >= 11 is 0. The second kappa shape index (κ2) is 45.1. The Bertz CT molecular complexity index is 3490. The maximum absolute atomic E-state index is 11.2. The first-order valence-electron chi connectivity index (χ1n) is 29.9. The number of nitrogens with one attached hydrogen (secondary N) is 8. The number of fused-ring (bicyclic) bond motifs is 4. The number of aromatic nitrogens is 7. The van der Waals surface area contributed by atoms with Crippen molar-refractivity contribution in [3.8, 4) is 0 Å². The lowest BCUT2D eigenvalue weighted by molar-refractivity contribution is -0.894. The number of methoxy groups -OCH3 is 2. The maximum atomic E-state index is 11.2. The van der Waals surface area contributed by atoms with Crippen molar-refractivity contribution in [2.45, 2.75) is 40.0 Å². The van der Waals surface area contributed by atoms with Crippen LogP contribution in [0.4, 0.5) is 0 Å². The summed E-state index contributed by atoms with van der Waals surface area (Å²) in [5.74, 6) is -2.54. The fourth-order valence-corrected chi connectivity index (χ4v) is 8.05. The van der Waals surface area contributed by atoms with E-state index in [0.29, 0.717) is 11.1 Å². The fraction of sp³-hybridized carbons (Fsp3) is 0.236. The minimum atomic E-state index is -0.946. The van der Waals surface area contributed by atoms with Crippen molar-refractivity contribution in [3.05, 3.63) is 260 Å². The largest absolute Gasteiger partial charge is 0.478 e. The zero-order chi connectivity index (χ0) is 65.6. The van der Waals surface area contributed by atoms with Gasteiger partial charge < -0.3 is 34.4 Å². The van der Waals surface area contributed by atoms with Crippen LogP contribution in [-0.2, 0) is 9.47 Å². The molecule has 4 aromatic carbocycles. The molecule has 0 bridgehead atoms. The van der Waals surface area contributed by atoms with E-state index in [9.17, 15) is 19.2 Å². The van der Waals surface area contributed by atoms with E-state index in [1.165, 1.54) is 117 Å². The minimum absolute atomic E-state index is 0.220. The molecule has 0 amide bonds. The summed E-state index contributed by atoms with van der Waals surface area (Å²) in [6.07, 6.45) is 23.2. The first kappa shape index (κ1) is 74.0. The summed E-state index contributed by atoms with van der Waals surface area (Å²) in [5, 5.41) is 22.7. The number of rotatable bonds is 7. The van der Waals surface area contributed by atoms with Gasteiger partial charge in [0.25, 0.3) is 0 Å². The molecule has 0 saturated carbocycles. The number of quaternary nitrogens is 3. The summed E-state index contributed by atoms with van der Waals surface area (Å²) in [5.41, 5.74) is 4.50. The van der Waals surface area contributed by atoms with E-state index in [1.807, 2.05) is 128 Å². The quantitative estimate of drug-likeness (QED) is 0.107. The Labute approximate surface area is 528 Å². The Kier molecular flexibility index (Phi) is 37.1. The van der Waals surface area contributed by atoms with E-state index in [1.54, 1.807) is 58.7 Å². The number of H-pyrrole nitrogens is 5. The highest BCUT2D eigenvalue weighted by atomic mass is 16.5. The highest BCUT2D eigenvalue weighted by molar-refractivity contribution is 5.93. The van der Waals surface area contributed by atoms with E-state index in [-0.39, 0.29) is 23.1 Å². The van der Waals surface area contributed by atoms with Gasteiger partial charge >= 0.3 is 23.9 Å². The average molecular weight is 1230 g/mol. The second-order valence-electron chi connectivity index (χ2n) is 20.5. The Morgan fingerprint density at radius 3 is 1.48 bits per heavy atom. The number of likely N-dealkylation sites (tertiary alicyclic amines) is 1. The van der Waals surface area contributed by atoms with Crippen molar-refractivity contribution in [2.24, 2.45) is 0 Å². The lowest BCUT2D eigenvalue weighted by Crippen LogP contribution is -3.11. The number of hydrogen-bond acceptors (Lipinski definition) is 8. The molecule has 1 saturated heterocycles. The monoisotopic (exact) mass is 1220 g/mol. The number of aromatic carboxylic acids is 2. The number of piperidine rings is 1. The minimum Gasteiger partial charge on any atom is -0.478 e. The Balaban J connectivity index is 0.000000265. The molecule has 0 spiro atoms. The number of nitrogens with zero attached hydrogens (tertiary/aromatic N) is 2. The predicted molar refractivity (Wildman–Crippen MR) is 352 cm³/mol. The van der Waals surface area contributed by atoms with Crippen LogP contribution in [0.25, 0.3) is 43.5 Å². The highest BCUT2D eigenvalue weighted by Gasteiger charge is 2.11. The number of esters is 2. The van der Waals surface area contributed by atoms with Crippen LogP contribution in [0.1, 0.15) is 81.5 Å². The molecular formula is C72H92N10O8+8. The zero-order valence-corrected chi connectivity index (χ0v) is 53.4. The standard InChI is InChI=1S/C11H9NO2.C10H7NO2.2C9H7N.C7H7NO2.C6H5NO2.C6H13N.C6H15N.C5H5N.C3H9N/c1-14-11(13)9-6-8-4-2-3-5-10(8)12-7-9;12-10(13)8-5-7-3-1-2-4-9(7)11-6-8;1-2-6-9-8(4-1)5-3-7-10-9;1-2-4-9-7-10-6-5-8(9)3-1;1-10-7(9)6-3-2-4-8-5-6;8-6(9)5-2-1-3-7-4-5;1-7-5-3-2-4-6-7;1-4-7(5-2)6-3;1-2-4-6-5-3-1;1-4(2)3/h2-7H,1H3;1-6H,(H,12,13);2*1-7H;2-5H,1H3;1-4H,(H,8,9);2-6H2,1H3;4-6H2,1-3H3;1-5H;1-3H3/p+8. The van der Waals surface area contributed by atoms with Crippen LogP contribution in [0.3, 0.4) is 0 Å². The molecule has 0 unspecified atom stereocenters. The number of carbonyl (C=O) groups is 4. The third kappa shape index (κ3) is 30.9. The third-order valence-electron chi connectivity index (χ3n) is 12.9. The highest BCUT2D eigenvalue weighted by Crippen LogP contribution is 2.13. The number of ether oxygens (including phenoxy) is 2.